The Morgan fingerprint density at radius 2 is 1.92 bits per heavy atom. The van der Waals surface area contributed by atoms with Gasteiger partial charge < -0.3 is 4.74 Å². The van der Waals surface area contributed by atoms with Crippen LogP contribution in [-0.2, 0) is 0 Å². The van der Waals surface area contributed by atoms with Crippen molar-refractivity contribution in [2.75, 3.05) is 0 Å². The molecule has 0 N–H and O–H groups in total. The molecule has 5 heteroatoms. The van der Waals surface area contributed by atoms with Crippen molar-refractivity contribution in [2.45, 2.75) is 13.3 Å². The van der Waals surface area contributed by atoms with Crippen LogP contribution in [0.5, 0.6) is 5.75 Å². The van der Waals surface area contributed by atoms with Crippen LogP contribution in [0.2, 0.25) is 0 Å². The predicted octanol–water partition coefficient (Wildman–Crippen LogP) is 3.66. The first kappa shape index (κ1) is 10.4. The van der Waals surface area contributed by atoms with E-state index >= 15 is 0 Å². The van der Waals surface area contributed by atoms with E-state index in [0.29, 0.717) is 10.0 Å². The molecule has 1 aromatic rings. The Balaban J connectivity index is 3.00. The van der Waals surface area contributed by atoms with Gasteiger partial charge in [-0.25, -0.2) is 0 Å². The molecule has 0 amide bonds. The zero-order valence-electron chi connectivity index (χ0n) is 6.65. The van der Waals surface area contributed by atoms with Gasteiger partial charge in [-0.3, -0.25) is 0 Å². The minimum Gasteiger partial charge on any atom is -0.404 e. The van der Waals surface area contributed by atoms with Crippen molar-refractivity contribution in [2.24, 2.45) is 0 Å². The summed E-state index contributed by atoms with van der Waals surface area (Å²) in [5, 5.41) is 0. The number of rotatable bonds is 1. The van der Waals surface area contributed by atoms with Gasteiger partial charge in [0.15, 0.2) is 0 Å². The second-order valence-electron chi connectivity index (χ2n) is 2.43. The second kappa shape index (κ2) is 3.57. The van der Waals surface area contributed by atoms with Crippen LogP contribution in [0.15, 0.2) is 22.7 Å². The number of benzene rings is 1. The summed E-state index contributed by atoms with van der Waals surface area (Å²) in [6.45, 7) is 1.55. The molecule has 0 bridgehead atoms. The molecule has 0 atom stereocenters. The van der Waals surface area contributed by atoms with Crippen molar-refractivity contribution in [3.63, 3.8) is 0 Å². The number of hydrogen-bond donors (Lipinski definition) is 0. The van der Waals surface area contributed by atoms with Crippen LogP contribution in [0.1, 0.15) is 5.56 Å². The SMILES string of the molecule is Cc1cccc(Br)c1OC(F)(F)F. The van der Waals surface area contributed by atoms with Crippen molar-refractivity contribution in [3.8, 4) is 5.75 Å². The maximum Gasteiger partial charge on any atom is 0.573 e. The molecule has 72 valence electrons. The van der Waals surface area contributed by atoms with Crippen LogP contribution < -0.4 is 4.74 Å². The van der Waals surface area contributed by atoms with Crippen molar-refractivity contribution in [1.29, 1.82) is 0 Å². The molecule has 0 saturated heterocycles. The number of halogens is 4. The molecule has 0 aromatic heterocycles. The van der Waals surface area contributed by atoms with Gasteiger partial charge in [0.05, 0.1) is 4.47 Å². The molecule has 0 radical (unpaired) electrons. The summed E-state index contributed by atoms with van der Waals surface area (Å²) in [5.74, 6) is -0.185. The molecule has 0 aliphatic heterocycles. The second-order valence-corrected chi connectivity index (χ2v) is 3.29. The molecule has 1 nitrogen and oxygen atoms in total. The Hall–Kier alpha value is -0.710. The van der Waals surface area contributed by atoms with Gasteiger partial charge in [-0.05, 0) is 34.5 Å². The summed E-state index contributed by atoms with van der Waals surface area (Å²) in [6, 6.07) is 4.68. The summed E-state index contributed by atoms with van der Waals surface area (Å²) in [7, 11) is 0. The predicted molar refractivity (Wildman–Crippen MR) is 45.6 cm³/mol. The van der Waals surface area contributed by atoms with Crippen LogP contribution in [0.4, 0.5) is 13.2 Å². The molecule has 0 aliphatic rings. The van der Waals surface area contributed by atoms with E-state index < -0.39 is 6.36 Å². The maximum absolute atomic E-state index is 11.9. The van der Waals surface area contributed by atoms with E-state index in [9.17, 15) is 13.2 Å². The number of aryl methyl sites for hydroxylation is 1. The van der Waals surface area contributed by atoms with E-state index in [2.05, 4.69) is 20.7 Å². The summed E-state index contributed by atoms with van der Waals surface area (Å²) in [6.07, 6.45) is -4.64. The van der Waals surface area contributed by atoms with Crippen LogP contribution in [0.3, 0.4) is 0 Å². The summed E-state index contributed by atoms with van der Waals surface area (Å²) in [4.78, 5) is 0. The van der Waals surface area contributed by atoms with Crippen molar-refractivity contribution < 1.29 is 17.9 Å². The third-order valence-corrected chi connectivity index (χ3v) is 2.01. The lowest BCUT2D eigenvalue weighted by atomic mass is 10.2. The lowest BCUT2D eigenvalue weighted by Crippen LogP contribution is -2.18. The minimum atomic E-state index is -4.64. The third kappa shape index (κ3) is 2.91. The highest BCUT2D eigenvalue weighted by Gasteiger charge is 2.32. The maximum atomic E-state index is 11.9. The summed E-state index contributed by atoms with van der Waals surface area (Å²) < 4.78 is 39.7. The van der Waals surface area contributed by atoms with Gasteiger partial charge in [0, 0.05) is 0 Å². The molecular formula is C8H6BrF3O. The highest BCUT2D eigenvalue weighted by Crippen LogP contribution is 2.32. The Labute approximate surface area is 81.6 Å². The molecule has 0 aliphatic carbocycles. The Morgan fingerprint density at radius 1 is 1.31 bits per heavy atom. The number of alkyl halides is 3. The van der Waals surface area contributed by atoms with Crippen molar-refractivity contribution in [1.82, 2.24) is 0 Å². The standard InChI is InChI=1S/C8H6BrF3O/c1-5-3-2-4-6(9)7(5)13-8(10,11)12/h2-4H,1H3. The average molecular weight is 255 g/mol. The summed E-state index contributed by atoms with van der Waals surface area (Å²) >= 11 is 2.97. The van der Waals surface area contributed by atoms with E-state index in [1.165, 1.54) is 6.07 Å². The van der Waals surface area contributed by atoms with Gasteiger partial charge in [0.2, 0.25) is 0 Å². The van der Waals surface area contributed by atoms with E-state index in [-0.39, 0.29) is 5.75 Å². The fourth-order valence-corrected chi connectivity index (χ4v) is 1.41. The normalized spacial score (nSPS) is 11.5. The molecule has 13 heavy (non-hydrogen) atoms. The van der Waals surface area contributed by atoms with Crippen molar-refractivity contribution >= 4 is 15.9 Å². The molecule has 1 aromatic carbocycles. The molecule has 1 rings (SSSR count). The van der Waals surface area contributed by atoms with Gasteiger partial charge >= 0.3 is 6.36 Å². The first-order valence-corrected chi connectivity index (χ1v) is 4.20. The Kier molecular flexibility index (Phi) is 2.85. The van der Waals surface area contributed by atoms with Gasteiger partial charge in [0.25, 0.3) is 0 Å². The fourth-order valence-electron chi connectivity index (χ4n) is 0.862. The lowest BCUT2D eigenvalue weighted by Gasteiger charge is -2.12. The van der Waals surface area contributed by atoms with Crippen LogP contribution in [-0.4, -0.2) is 6.36 Å². The smallest absolute Gasteiger partial charge is 0.404 e. The highest BCUT2D eigenvalue weighted by molar-refractivity contribution is 9.10. The quantitative estimate of drug-likeness (QED) is 0.744. The monoisotopic (exact) mass is 254 g/mol. The molecule has 0 saturated carbocycles. The topological polar surface area (TPSA) is 9.23 Å². The largest absolute Gasteiger partial charge is 0.573 e. The van der Waals surface area contributed by atoms with E-state index in [1.807, 2.05) is 0 Å². The number of para-hydroxylation sites is 1. The Morgan fingerprint density at radius 3 is 2.38 bits per heavy atom. The van der Waals surface area contributed by atoms with Crippen LogP contribution in [0, 0.1) is 6.92 Å². The van der Waals surface area contributed by atoms with Crippen LogP contribution in [0.25, 0.3) is 0 Å². The third-order valence-electron chi connectivity index (χ3n) is 1.38. The average Bonchev–Trinajstić information content (AvgIpc) is 1.95. The zero-order valence-corrected chi connectivity index (χ0v) is 8.24. The lowest BCUT2D eigenvalue weighted by molar-refractivity contribution is -0.275. The minimum absolute atomic E-state index is 0.185. The van der Waals surface area contributed by atoms with E-state index in [0.717, 1.165) is 0 Å². The first-order chi connectivity index (χ1) is 5.90. The molecular weight excluding hydrogens is 249 g/mol. The van der Waals surface area contributed by atoms with Crippen LogP contribution >= 0.6 is 15.9 Å². The first-order valence-electron chi connectivity index (χ1n) is 3.41. The zero-order chi connectivity index (χ0) is 10.1. The number of hydrogen-bond acceptors (Lipinski definition) is 1. The van der Waals surface area contributed by atoms with Gasteiger partial charge in [-0.2, -0.15) is 0 Å². The fraction of sp³-hybridized carbons (Fsp3) is 0.250. The van der Waals surface area contributed by atoms with Gasteiger partial charge in [0.1, 0.15) is 5.75 Å². The van der Waals surface area contributed by atoms with E-state index in [1.54, 1.807) is 19.1 Å². The molecule has 0 heterocycles. The van der Waals surface area contributed by atoms with Gasteiger partial charge in [-0.1, -0.05) is 12.1 Å². The van der Waals surface area contributed by atoms with E-state index in [4.69, 9.17) is 0 Å². The highest BCUT2D eigenvalue weighted by atomic mass is 79.9. The number of ether oxygens (including phenoxy) is 1. The summed E-state index contributed by atoms with van der Waals surface area (Å²) in [5.41, 5.74) is 0.437. The Bertz CT molecular complexity index is 288. The molecule has 0 fully saturated rings. The molecule has 0 unspecified atom stereocenters. The molecule has 0 spiro atoms. The van der Waals surface area contributed by atoms with Gasteiger partial charge in [-0.15, -0.1) is 13.2 Å². The van der Waals surface area contributed by atoms with Crippen molar-refractivity contribution in [3.05, 3.63) is 28.2 Å².